The average Bonchev–Trinajstić information content (AvgIpc) is 1.67. The summed E-state index contributed by atoms with van der Waals surface area (Å²) in [5.41, 5.74) is 16.5. The summed E-state index contributed by atoms with van der Waals surface area (Å²) in [7, 11) is 0. The highest BCUT2D eigenvalue weighted by atomic mass is 16.5. The number of aliphatic hydroxyl groups is 4. The topological polar surface area (TPSA) is 717 Å². The number of cyclic esters (lactones) is 1. The summed E-state index contributed by atoms with van der Waals surface area (Å²) >= 11 is 0. The van der Waals surface area contributed by atoms with Crippen LogP contribution in [-0.4, -0.2) is 292 Å². The van der Waals surface area contributed by atoms with E-state index in [4.69, 9.17) is 21.9 Å². The molecular weight excluding hydrogens is 1810 g/mol. The fourth-order valence-electron chi connectivity index (χ4n) is 15.2. The maximum absolute atomic E-state index is 14.7. The highest BCUT2D eigenvalue weighted by molar-refractivity contribution is 6.05. The number of primary amides is 1. The Kier molecular flexibility index (Phi) is 55.7. The standard InChI is InChI=1S/C93H161N21O25/c1-21-24-25-29-55(118)43-69(120)97-57(23-3)92(137)114-38-28-31-67(114)85(130)106-65(44-116)83(128)104-63(41-47(6)7)81(126)109-71(50(12)13)89(134)107-66(45-117)84(129)105-64(42-48(8)9)82(127)110-74(53(18)19)90(135)111-72(51(14)15)87(132)100-58(32-33-68(96)119)77(122)103-62(40-46(4)5)80(125)108-70(49(10)11)86(131)98-56(22-2)76(121)113-75-54(20)139-93(138)61(30-26-27-36-94)102-78(123)59(34-37-95)99-79(124)60(35-39-115)101-88(133)73(52(16)17)112-91(75)136/h22-23,46-55,58-67,70-75,115-118H,21,24-45,94-95H2,1-20H3,(H2,96,119)(H,97,120)(H,98,131)(H,99,124)(H,100,132)(H,101,133)(H,102,123)(H,103,122)(H,104,128)(H,105,129)(H,106,130)(H,107,134)(H,108,125)(H,109,126)(H,110,127)(H,111,135)(H,112,136)(H,113,121). The van der Waals surface area contributed by atoms with Gasteiger partial charge in [0, 0.05) is 19.6 Å². The van der Waals surface area contributed by atoms with Gasteiger partial charge in [-0.3, -0.25) is 91.1 Å². The van der Waals surface area contributed by atoms with Crippen molar-refractivity contribution < 1.29 is 121 Å². The zero-order chi connectivity index (χ0) is 106. The van der Waals surface area contributed by atoms with Crippen molar-refractivity contribution in [1.82, 2.24) is 95.3 Å². The van der Waals surface area contributed by atoms with Crippen molar-refractivity contribution in [2.45, 2.75) is 357 Å². The fraction of sp³-hybridized carbons (Fsp3) is 0.742. The summed E-state index contributed by atoms with van der Waals surface area (Å²) in [4.78, 5) is 283. The molecule has 2 heterocycles. The Morgan fingerprint density at radius 3 is 1.32 bits per heavy atom. The zero-order valence-electron chi connectivity index (χ0n) is 84.5. The maximum Gasteiger partial charge on any atom is 0.328 e. The van der Waals surface area contributed by atoms with Gasteiger partial charge in [0.25, 0.3) is 11.8 Å². The van der Waals surface area contributed by atoms with Crippen molar-refractivity contribution in [3.05, 3.63) is 23.5 Å². The minimum atomic E-state index is -1.89. The number of esters is 1. The van der Waals surface area contributed by atoms with Gasteiger partial charge in [-0.15, -0.1) is 0 Å². The third-order valence-electron chi connectivity index (χ3n) is 23.2. The van der Waals surface area contributed by atoms with E-state index in [1.54, 1.807) is 96.9 Å². The summed E-state index contributed by atoms with van der Waals surface area (Å²) in [6.45, 7) is 29.4. The largest absolute Gasteiger partial charge is 0.458 e. The van der Waals surface area contributed by atoms with Crippen LogP contribution in [-0.2, 0) is 101 Å². The SMILES string of the molecule is CC=C(NC(=O)C(NC(=O)C(CC(C)C)NC(=O)C(CCC(N)=O)NC(=O)C(NC(=O)C(NC(=O)C(CC(C)C)NC(=O)C(CO)NC(=O)C(NC(=O)C(CC(C)C)NC(=O)C(CO)NC(=O)C1CCCN1C(=O)C(=CC)NC(=O)CC(O)CCCCC)C(C)C)C(C)C)C(C)C)C(C)C)C(=O)NC1C(=O)NC(C(C)C)C(=O)NC(CCO)C(=O)NC(CCN)C(=O)NC(CCCCN)C(=O)OC1C. The number of ether oxygens (including phenoxy) is 1. The lowest BCUT2D eigenvalue weighted by Gasteiger charge is -2.31. The van der Waals surface area contributed by atoms with Gasteiger partial charge in [-0.2, -0.15) is 0 Å². The summed E-state index contributed by atoms with van der Waals surface area (Å²) in [6, 6.07) is -24.2. The van der Waals surface area contributed by atoms with E-state index in [1.165, 1.54) is 45.6 Å². The Hall–Kier alpha value is -11.4. The van der Waals surface area contributed by atoms with E-state index in [0.717, 1.165) is 18.9 Å². The van der Waals surface area contributed by atoms with Gasteiger partial charge in [-0.05, 0) is 158 Å². The smallest absolute Gasteiger partial charge is 0.328 e. The van der Waals surface area contributed by atoms with Crippen LogP contribution >= 0.6 is 0 Å². The van der Waals surface area contributed by atoms with Crippen LogP contribution in [0.3, 0.4) is 0 Å². The molecule has 0 aliphatic carbocycles. The number of carbonyl (C=O) groups is 20. The first-order chi connectivity index (χ1) is 65.2. The molecule has 2 fully saturated rings. The molecule has 0 aromatic rings. The van der Waals surface area contributed by atoms with Crippen LogP contribution < -0.4 is 108 Å². The molecule has 0 aromatic carbocycles. The lowest BCUT2D eigenvalue weighted by molar-refractivity contribution is -0.156. The van der Waals surface area contributed by atoms with Gasteiger partial charge >= 0.3 is 5.97 Å². The predicted octanol–water partition coefficient (Wildman–Crippen LogP) is -3.91. The second-order valence-electron chi connectivity index (χ2n) is 38.4. The van der Waals surface area contributed by atoms with Gasteiger partial charge in [0.1, 0.15) is 114 Å². The van der Waals surface area contributed by atoms with E-state index in [2.05, 4.69) is 90.4 Å². The number of aliphatic hydroxyl groups excluding tert-OH is 4. The third-order valence-corrected chi connectivity index (χ3v) is 23.2. The van der Waals surface area contributed by atoms with Crippen molar-refractivity contribution in [2.75, 3.05) is 39.5 Å². The molecule has 0 aromatic heterocycles. The molecule has 0 radical (unpaired) electrons. The van der Waals surface area contributed by atoms with E-state index >= 15 is 0 Å². The lowest BCUT2D eigenvalue weighted by Crippen LogP contribution is -2.63. The molecular formula is C93H161N21O25. The Morgan fingerprint density at radius 1 is 0.468 bits per heavy atom. The number of amides is 19. The first-order valence-corrected chi connectivity index (χ1v) is 48.4. The van der Waals surface area contributed by atoms with Crippen molar-refractivity contribution in [3.63, 3.8) is 0 Å². The highest BCUT2D eigenvalue weighted by Gasteiger charge is 2.44. The number of hydrogen-bond donors (Lipinski definition) is 24. The number of hydrogen-bond acceptors (Lipinski definition) is 27. The molecule has 46 heteroatoms. The molecule has 2 saturated heterocycles. The average molecular weight is 1970 g/mol. The minimum Gasteiger partial charge on any atom is -0.458 e. The van der Waals surface area contributed by atoms with Crippen LogP contribution in [0, 0.1) is 47.3 Å². The Bertz CT molecular complexity index is 4200. The normalized spacial score (nSPS) is 19.9. The molecule has 19 amide bonds. The van der Waals surface area contributed by atoms with E-state index in [-0.39, 0.29) is 101 Å². The van der Waals surface area contributed by atoms with Gasteiger partial charge in [0.2, 0.25) is 100 Å². The van der Waals surface area contributed by atoms with Gasteiger partial charge in [0.15, 0.2) is 0 Å². The number of nitrogens with one attached hydrogen (secondary N) is 17. The molecule has 0 spiro atoms. The van der Waals surface area contributed by atoms with Crippen molar-refractivity contribution >= 4 is 118 Å². The van der Waals surface area contributed by atoms with E-state index in [1.807, 2.05) is 6.92 Å². The maximum atomic E-state index is 14.7. The molecule has 18 unspecified atom stereocenters. The number of nitrogens with two attached hydrogens (primary N) is 3. The van der Waals surface area contributed by atoms with Gasteiger partial charge in [0.05, 0.1) is 25.7 Å². The van der Waals surface area contributed by atoms with Crippen LogP contribution in [0.2, 0.25) is 0 Å². The van der Waals surface area contributed by atoms with E-state index < -0.39 is 295 Å². The van der Waals surface area contributed by atoms with Crippen LogP contribution in [0.4, 0.5) is 0 Å². The second-order valence-corrected chi connectivity index (χ2v) is 38.4. The molecule has 27 N–H and O–H groups in total. The molecule has 2 aliphatic heterocycles. The van der Waals surface area contributed by atoms with Gasteiger partial charge in [-0.1, -0.05) is 149 Å². The summed E-state index contributed by atoms with van der Waals surface area (Å²) < 4.78 is 5.80. The van der Waals surface area contributed by atoms with Crippen LogP contribution in [0.25, 0.3) is 0 Å². The number of unbranched alkanes of at least 4 members (excludes halogenated alkanes) is 3. The van der Waals surface area contributed by atoms with Crippen molar-refractivity contribution in [2.24, 2.45) is 64.5 Å². The number of carbonyl (C=O) groups excluding carboxylic acids is 20. The first kappa shape index (κ1) is 124. The minimum absolute atomic E-state index is 0.0437. The number of allylic oxidation sites excluding steroid dienone is 2. The molecule has 2 aliphatic rings. The van der Waals surface area contributed by atoms with Crippen molar-refractivity contribution in [3.8, 4) is 0 Å². The number of nitrogens with zero attached hydrogens (tertiary/aromatic N) is 1. The van der Waals surface area contributed by atoms with Gasteiger partial charge < -0.3 is 138 Å². The lowest BCUT2D eigenvalue weighted by atomic mass is 9.97. The molecule has 46 nitrogen and oxygen atoms in total. The third kappa shape index (κ3) is 42.3. The van der Waals surface area contributed by atoms with Crippen LogP contribution in [0.1, 0.15) is 248 Å². The highest BCUT2D eigenvalue weighted by Crippen LogP contribution is 2.23. The first-order valence-electron chi connectivity index (χ1n) is 48.4. The summed E-state index contributed by atoms with van der Waals surface area (Å²) in [6.07, 6.45) is 2.00. The fourth-order valence-corrected chi connectivity index (χ4v) is 15.2. The molecule has 18 atom stereocenters. The van der Waals surface area contributed by atoms with Crippen LogP contribution in [0.15, 0.2) is 23.5 Å². The second kappa shape index (κ2) is 62.6. The van der Waals surface area contributed by atoms with Crippen LogP contribution in [0.5, 0.6) is 0 Å². The number of likely N-dealkylation sites (tertiary alicyclic amines) is 1. The molecule has 0 saturated carbocycles. The summed E-state index contributed by atoms with van der Waals surface area (Å²) in [5, 5.41) is 84.7. The number of rotatable bonds is 56. The zero-order valence-corrected chi connectivity index (χ0v) is 84.5. The molecule has 139 heavy (non-hydrogen) atoms. The Balaban J connectivity index is 2.44. The van der Waals surface area contributed by atoms with Gasteiger partial charge in [-0.25, -0.2) is 4.79 Å². The molecule has 788 valence electrons. The molecule has 2 rings (SSSR count). The monoisotopic (exact) mass is 1970 g/mol. The predicted molar refractivity (Wildman–Crippen MR) is 511 cm³/mol. The quantitative estimate of drug-likeness (QED) is 0.0157. The Morgan fingerprint density at radius 2 is 0.892 bits per heavy atom. The van der Waals surface area contributed by atoms with Crippen molar-refractivity contribution in [1.29, 1.82) is 0 Å². The summed E-state index contributed by atoms with van der Waals surface area (Å²) in [5.74, 6) is -23.8. The van der Waals surface area contributed by atoms with E-state index in [9.17, 15) is 116 Å². The molecule has 0 bridgehead atoms. The van der Waals surface area contributed by atoms with E-state index in [0.29, 0.717) is 25.7 Å². The Labute approximate surface area is 815 Å².